The van der Waals surface area contributed by atoms with Crippen molar-refractivity contribution in [2.45, 2.75) is 38.1 Å². The second kappa shape index (κ2) is 10.5. The maximum absolute atomic E-state index is 2.87. The number of nitrogens with zero attached hydrogens (tertiary/aromatic N) is 1. The Kier molecular flexibility index (Phi) is 7.01. The van der Waals surface area contributed by atoms with Crippen molar-refractivity contribution in [3.8, 4) is 0 Å². The Hall–Kier alpha value is -2.73. The van der Waals surface area contributed by atoms with Crippen molar-refractivity contribution in [3.63, 3.8) is 0 Å². The Labute approximate surface area is 199 Å². The Morgan fingerprint density at radius 2 is 1.24 bits per heavy atom. The quantitative estimate of drug-likeness (QED) is 0.257. The summed E-state index contributed by atoms with van der Waals surface area (Å²) in [4.78, 5) is 0. The summed E-state index contributed by atoms with van der Waals surface area (Å²) in [5, 5.41) is 2.87. The molecule has 1 aliphatic rings. The number of rotatable bonds is 8. The van der Waals surface area contributed by atoms with E-state index in [2.05, 4.69) is 127 Å². The lowest BCUT2D eigenvalue weighted by Gasteiger charge is -2.40. The molecule has 0 aliphatic heterocycles. The third-order valence-corrected chi connectivity index (χ3v) is 9.28. The predicted molar refractivity (Wildman–Crippen MR) is 143 cm³/mol. The summed E-state index contributed by atoms with van der Waals surface area (Å²) in [6.45, 7) is 3.41. The lowest BCUT2D eigenvalue weighted by Crippen LogP contribution is -2.34. The standard InChI is InChI=1S/C31H32NP/c1-2-3-23-32(33(27-18-9-5-10-19-27)28-20-11-6-12-21-28)31-29-22-14-13-17-26(29)24-30(31)25-15-7-4-8-16-25/h4-22,30-31H,2-3,23-24H2,1H3/t30-,31?/m1/s1. The molecule has 0 saturated carbocycles. The van der Waals surface area contributed by atoms with Crippen LogP contribution in [0.2, 0.25) is 0 Å². The van der Waals surface area contributed by atoms with E-state index in [0.717, 1.165) is 13.0 Å². The highest BCUT2D eigenvalue weighted by atomic mass is 31.1. The SMILES string of the molecule is CCCCN(C1c2ccccc2C[C@@H]1c1ccccc1)P(c1ccccc1)c1ccccc1. The first kappa shape index (κ1) is 22.1. The van der Waals surface area contributed by atoms with E-state index in [9.17, 15) is 0 Å². The van der Waals surface area contributed by atoms with Crippen LogP contribution in [0.25, 0.3) is 0 Å². The van der Waals surface area contributed by atoms with Gasteiger partial charge < -0.3 is 0 Å². The number of hydrogen-bond acceptors (Lipinski definition) is 1. The van der Waals surface area contributed by atoms with E-state index in [-0.39, 0.29) is 0 Å². The molecule has 0 heterocycles. The monoisotopic (exact) mass is 449 g/mol. The van der Waals surface area contributed by atoms with Crippen LogP contribution >= 0.6 is 8.07 Å². The van der Waals surface area contributed by atoms with Gasteiger partial charge >= 0.3 is 0 Å². The molecule has 1 aliphatic carbocycles. The van der Waals surface area contributed by atoms with Crippen molar-refractivity contribution in [3.05, 3.63) is 132 Å². The van der Waals surface area contributed by atoms with E-state index in [0.29, 0.717) is 12.0 Å². The van der Waals surface area contributed by atoms with Gasteiger partial charge in [-0.25, -0.2) is 0 Å². The fourth-order valence-electron chi connectivity index (χ4n) is 5.21. The fourth-order valence-corrected chi connectivity index (χ4v) is 7.89. The van der Waals surface area contributed by atoms with Crippen molar-refractivity contribution in [1.29, 1.82) is 0 Å². The van der Waals surface area contributed by atoms with Crippen LogP contribution in [0, 0.1) is 0 Å². The average Bonchev–Trinajstić information content (AvgIpc) is 3.27. The Balaban J connectivity index is 1.67. The first-order valence-electron chi connectivity index (χ1n) is 12.2. The molecule has 1 nitrogen and oxygen atoms in total. The minimum absolute atomic E-state index is 0.377. The Morgan fingerprint density at radius 3 is 1.85 bits per heavy atom. The molecule has 166 valence electrons. The fraction of sp³-hybridized carbons (Fsp3) is 0.226. The van der Waals surface area contributed by atoms with Gasteiger partial charge in [0.25, 0.3) is 0 Å². The van der Waals surface area contributed by atoms with Gasteiger partial charge in [-0.05, 0) is 40.1 Å². The van der Waals surface area contributed by atoms with Gasteiger partial charge in [-0.3, -0.25) is 4.67 Å². The summed E-state index contributed by atoms with van der Waals surface area (Å²) in [5.41, 5.74) is 4.48. The smallest absolute Gasteiger partial charge is 0.0464 e. The average molecular weight is 450 g/mol. The number of unbranched alkanes of at least 4 members (excludes halogenated alkanes) is 1. The summed E-state index contributed by atoms with van der Waals surface area (Å²) in [6.07, 6.45) is 3.52. The molecule has 0 amide bonds. The van der Waals surface area contributed by atoms with Crippen molar-refractivity contribution < 1.29 is 0 Å². The van der Waals surface area contributed by atoms with Crippen LogP contribution in [0.5, 0.6) is 0 Å². The van der Waals surface area contributed by atoms with Gasteiger partial charge in [-0.2, -0.15) is 0 Å². The van der Waals surface area contributed by atoms with E-state index in [1.165, 1.54) is 40.1 Å². The van der Waals surface area contributed by atoms with Crippen LogP contribution in [0.3, 0.4) is 0 Å². The third kappa shape index (κ3) is 4.67. The highest BCUT2D eigenvalue weighted by Gasteiger charge is 2.40. The first-order valence-corrected chi connectivity index (χ1v) is 13.5. The zero-order valence-electron chi connectivity index (χ0n) is 19.3. The molecule has 5 rings (SSSR count). The summed E-state index contributed by atoms with van der Waals surface area (Å²) in [6, 6.07) is 43.1. The molecule has 0 saturated heterocycles. The molecule has 0 fully saturated rings. The van der Waals surface area contributed by atoms with Crippen LogP contribution in [-0.2, 0) is 6.42 Å². The molecule has 1 unspecified atom stereocenters. The molecule has 0 radical (unpaired) electrons. The van der Waals surface area contributed by atoms with Crippen molar-refractivity contribution >= 4 is 18.7 Å². The maximum atomic E-state index is 2.87. The van der Waals surface area contributed by atoms with Crippen LogP contribution in [0.15, 0.2) is 115 Å². The van der Waals surface area contributed by atoms with E-state index < -0.39 is 8.07 Å². The number of hydrogen-bond donors (Lipinski definition) is 0. The van der Waals surface area contributed by atoms with Gasteiger partial charge in [0.2, 0.25) is 0 Å². The summed E-state index contributed by atoms with van der Waals surface area (Å²) >= 11 is 0. The van der Waals surface area contributed by atoms with Crippen LogP contribution < -0.4 is 10.6 Å². The van der Waals surface area contributed by atoms with Crippen LogP contribution in [0.4, 0.5) is 0 Å². The molecule has 0 aromatic heterocycles. The van der Waals surface area contributed by atoms with Crippen molar-refractivity contribution in [2.24, 2.45) is 0 Å². The minimum Gasteiger partial charge on any atom is -0.267 e. The largest absolute Gasteiger partial charge is 0.267 e. The summed E-state index contributed by atoms with van der Waals surface area (Å²) < 4.78 is 2.87. The predicted octanol–water partition coefficient (Wildman–Crippen LogP) is 7.22. The summed E-state index contributed by atoms with van der Waals surface area (Å²) in [5.74, 6) is 0.470. The molecule has 2 heteroatoms. The Bertz CT molecular complexity index is 1100. The van der Waals surface area contributed by atoms with Gasteiger partial charge in [-0.15, -0.1) is 0 Å². The number of fused-ring (bicyclic) bond motifs is 1. The minimum atomic E-state index is -0.645. The second-order valence-corrected chi connectivity index (χ2v) is 11.0. The molecule has 2 atom stereocenters. The lowest BCUT2D eigenvalue weighted by molar-refractivity contribution is 0.314. The van der Waals surface area contributed by atoms with Gasteiger partial charge in [0.05, 0.1) is 0 Å². The molecule has 4 aromatic rings. The van der Waals surface area contributed by atoms with Crippen molar-refractivity contribution in [1.82, 2.24) is 4.67 Å². The van der Waals surface area contributed by atoms with E-state index >= 15 is 0 Å². The van der Waals surface area contributed by atoms with Crippen LogP contribution in [0.1, 0.15) is 48.4 Å². The Morgan fingerprint density at radius 1 is 0.697 bits per heavy atom. The van der Waals surface area contributed by atoms with E-state index in [4.69, 9.17) is 0 Å². The molecule has 33 heavy (non-hydrogen) atoms. The van der Waals surface area contributed by atoms with Gasteiger partial charge in [0.15, 0.2) is 0 Å². The van der Waals surface area contributed by atoms with Crippen LogP contribution in [-0.4, -0.2) is 11.2 Å². The molecule has 0 spiro atoms. The van der Waals surface area contributed by atoms with Gasteiger partial charge in [0, 0.05) is 26.6 Å². The first-order chi connectivity index (χ1) is 16.4. The van der Waals surface area contributed by atoms with Gasteiger partial charge in [0.1, 0.15) is 0 Å². The zero-order chi connectivity index (χ0) is 22.5. The topological polar surface area (TPSA) is 3.24 Å². The highest BCUT2D eigenvalue weighted by molar-refractivity contribution is 7.70. The molecule has 0 bridgehead atoms. The summed E-state index contributed by atoms with van der Waals surface area (Å²) in [7, 11) is -0.645. The number of benzene rings is 4. The normalized spacial score (nSPS) is 17.4. The zero-order valence-corrected chi connectivity index (χ0v) is 20.2. The van der Waals surface area contributed by atoms with E-state index in [1.807, 2.05) is 0 Å². The molecular weight excluding hydrogens is 417 g/mol. The van der Waals surface area contributed by atoms with Crippen molar-refractivity contribution in [2.75, 3.05) is 6.54 Å². The van der Waals surface area contributed by atoms with E-state index in [1.54, 1.807) is 0 Å². The second-order valence-electron chi connectivity index (χ2n) is 8.86. The highest BCUT2D eigenvalue weighted by Crippen LogP contribution is 2.54. The van der Waals surface area contributed by atoms with Gasteiger partial charge in [-0.1, -0.05) is 129 Å². The third-order valence-electron chi connectivity index (χ3n) is 6.74. The molecular formula is C31H32NP. The molecule has 0 N–H and O–H groups in total. The lowest BCUT2D eigenvalue weighted by atomic mass is 9.92. The molecule has 4 aromatic carbocycles. The maximum Gasteiger partial charge on any atom is 0.0464 e.